The molecule has 0 bridgehead atoms. The van der Waals surface area contributed by atoms with Crippen LogP contribution in [0.2, 0.25) is 0 Å². The first-order valence-electron chi connectivity index (χ1n) is 6.90. The highest BCUT2D eigenvalue weighted by Crippen LogP contribution is 2.32. The Morgan fingerprint density at radius 3 is 2.58 bits per heavy atom. The highest BCUT2D eigenvalue weighted by molar-refractivity contribution is 5.81. The maximum Gasteiger partial charge on any atom is 0.136 e. The number of aliphatic hydroxyl groups excluding tert-OH is 1. The molecule has 0 amide bonds. The zero-order chi connectivity index (χ0) is 14.0. The first-order valence-corrected chi connectivity index (χ1v) is 6.90. The molecule has 0 aromatic heterocycles. The Balaban J connectivity index is 2.24. The maximum absolute atomic E-state index is 11.9. The van der Waals surface area contributed by atoms with Gasteiger partial charge in [0.2, 0.25) is 0 Å². The second-order valence-corrected chi connectivity index (χ2v) is 6.15. The van der Waals surface area contributed by atoms with E-state index in [9.17, 15) is 9.90 Å². The highest BCUT2D eigenvalue weighted by atomic mass is 16.3. The fraction of sp³-hybridized carbons (Fsp3) is 0.562. The van der Waals surface area contributed by atoms with Crippen molar-refractivity contribution in [2.75, 3.05) is 0 Å². The second kappa shape index (κ2) is 5.43. The van der Waals surface area contributed by atoms with Crippen molar-refractivity contribution >= 4 is 5.78 Å². The third-order valence-corrected chi connectivity index (χ3v) is 4.00. The van der Waals surface area contributed by atoms with Gasteiger partial charge < -0.3 is 5.11 Å². The minimum atomic E-state index is -0.493. The van der Waals surface area contributed by atoms with Gasteiger partial charge >= 0.3 is 0 Å². The summed E-state index contributed by atoms with van der Waals surface area (Å²) < 4.78 is 0. The summed E-state index contributed by atoms with van der Waals surface area (Å²) in [5.74, 6) is 0.250. The molecule has 104 valence electrons. The van der Waals surface area contributed by atoms with E-state index in [0.29, 0.717) is 12.8 Å². The van der Waals surface area contributed by atoms with Gasteiger partial charge in [-0.05, 0) is 26.3 Å². The molecular formula is C16H23NO2. The van der Waals surface area contributed by atoms with Crippen molar-refractivity contribution in [2.45, 2.75) is 57.8 Å². The van der Waals surface area contributed by atoms with E-state index in [1.807, 2.05) is 18.2 Å². The molecule has 1 saturated heterocycles. The molecule has 0 saturated carbocycles. The van der Waals surface area contributed by atoms with E-state index in [2.05, 4.69) is 30.9 Å². The van der Waals surface area contributed by atoms with E-state index < -0.39 is 6.10 Å². The molecule has 1 aromatic carbocycles. The number of piperidine rings is 1. The van der Waals surface area contributed by atoms with Crippen LogP contribution in [0.4, 0.5) is 0 Å². The number of hydrogen-bond acceptors (Lipinski definition) is 3. The Hall–Kier alpha value is -1.19. The number of aliphatic hydroxyl groups is 1. The number of rotatable bonds is 3. The van der Waals surface area contributed by atoms with Gasteiger partial charge in [-0.1, -0.05) is 30.3 Å². The summed E-state index contributed by atoms with van der Waals surface area (Å²) in [6.07, 6.45) is 0.518. The predicted octanol–water partition coefficient (Wildman–Crippen LogP) is 2.38. The minimum absolute atomic E-state index is 0.0866. The zero-order valence-corrected chi connectivity index (χ0v) is 12.0. The van der Waals surface area contributed by atoms with Crippen molar-refractivity contribution in [1.82, 2.24) is 4.90 Å². The van der Waals surface area contributed by atoms with Crippen molar-refractivity contribution in [3.8, 4) is 0 Å². The number of carbonyl (C=O) groups is 1. The van der Waals surface area contributed by atoms with Crippen LogP contribution in [0, 0.1) is 0 Å². The SMILES string of the molecule is C[C@@H](O)[C@H]1CC(=O)CC(C)(C)N1Cc1ccccc1. The van der Waals surface area contributed by atoms with E-state index in [4.69, 9.17) is 0 Å². The molecule has 3 heteroatoms. The average Bonchev–Trinajstić information content (AvgIpc) is 2.32. The summed E-state index contributed by atoms with van der Waals surface area (Å²) in [5.41, 5.74) is 1.02. The molecule has 1 aliphatic rings. The highest BCUT2D eigenvalue weighted by Gasteiger charge is 2.41. The van der Waals surface area contributed by atoms with Crippen LogP contribution in [-0.4, -0.2) is 33.5 Å². The van der Waals surface area contributed by atoms with Crippen LogP contribution < -0.4 is 0 Å². The van der Waals surface area contributed by atoms with Crippen molar-refractivity contribution in [3.63, 3.8) is 0 Å². The standard InChI is InChI=1S/C16H23NO2/c1-12(18)15-9-14(19)10-16(2,3)17(15)11-13-7-5-4-6-8-13/h4-8,12,15,18H,9-11H2,1-3H3/t12-,15-/m1/s1. The van der Waals surface area contributed by atoms with Crippen LogP contribution in [0.5, 0.6) is 0 Å². The van der Waals surface area contributed by atoms with Gasteiger partial charge in [-0.2, -0.15) is 0 Å². The summed E-state index contributed by atoms with van der Waals surface area (Å²) in [6, 6.07) is 10.1. The Bertz CT molecular complexity index is 439. The summed E-state index contributed by atoms with van der Waals surface area (Å²) in [4.78, 5) is 14.1. The molecule has 1 aliphatic heterocycles. The summed E-state index contributed by atoms with van der Waals surface area (Å²) >= 11 is 0. The molecule has 1 heterocycles. The van der Waals surface area contributed by atoms with E-state index >= 15 is 0 Å². The van der Waals surface area contributed by atoms with Gasteiger partial charge in [0.25, 0.3) is 0 Å². The molecule has 1 fully saturated rings. The first-order chi connectivity index (χ1) is 8.90. The summed E-state index contributed by atoms with van der Waals surface area (Å²) in [5, 5.41) is 9.98. The molecule has 19 heavy (non-hydrogen) atoms. The number of benzene rings is 1. The minimum Gasteiger partial charge on any atom is -0.392 e. The van der Waals surface area contributed by atoms with Crippen molar-refractivity contribution in [3.05, 3.63) is 35.9 Å². The van der Waals surface area contributed by atoms with Crippen LogP contribution in [-0.2, 0) is 11.3 Å². The van der Waals surface area contributed by atoms with Gasteiger partial charge in [0.15, 0.2) is 0 Å². The van der Waals surface area contributed by atoms with E-state index in [1.54, 1.807) is 6.92 Å². The number of Topliss-reactive ketones (excluding diaryl/α,β-unsaturated/α-hetero) is 1. The molecule has 3 nitrogen and oxygen atoms in total. The third kappa shape index (κ3) is 3.23. The lowest BCUT2D eigenvalue weighted by molar-refractivity contribution is -0.133. The number of likely N-dealkylation sites (tertiary alicyclic amines) is 1. The molecular weight excluding hydrogens is 238 g/mol. The number of carbonyl (C=O) groups excluding carboxylic acids is 1. The van der Waals surface area contributed by atoms with E-state index in [1.165, 1.54) is 5.56 Å². The lowest BCUT2D eigenvalue weighted by Gasteiger charge is -2.48. The maximum atomic E-state index is 11.9. The van der Waals surface area contributed by atoms with Gasteiger partial charge in [-0.3, -0.25) is 9.69 Å². The Kier molecular flexibility index (Phi) is 4.07. The van der Waals surface area contributed by atoms with Crippen molar-refractivity contribution in [2.24, 2.45) is 0 Å². The second-order valence-electron chi connectivity index (χ2n) is 6.15. The smallest absolute Gasteiger partial charge is 0.136 e. The summed E-state index contributed by atoms with van der Waals surface area (Å²) in [7, 11) is 0. The van der Waals surface area contributed by atoms with Crippen LogP contribution in [0.3, 0.4) is 0 Å². The van der Waals surface area contributed by atoms with Crippen molar-refractivity contribution < 1.29 is 9.90 Å². The Labute approximate surface area is 115 Å². The fourth-order valence-corrected chi connectivity index (χ4v) is 2.99. The van der Waals surface area contributed by atoms with Crippen LogP contribution >= 0.6 is 0 Å². The first kappa shape index (κ1) is 14.2. The fourth-order valence-electron chi connectivity index (χ4n) is 2.99. The zero-order valence-electron chi connectivity index (χ0n) is 12.0. The van der Waals surface area contributed by atoms with E-state index in [-0.39, 0.29) is 17.4 Å². The van der Waals surface area contributed by atoms with Crippen LogP contribution in [0.15, 0.2) is 30.3 Å². The molecule has 0 unspecified atom stereocenters. The average molecular weight is 261 g/mol. The van der Waals surface area contributed by atoms with Gasteiger partial charge in [0.05, 0.1) is 6.10 Å². The van der Waals surface area contributed by atoms with Gasteiger partial charge in [0, 0.05) is 31.0 Å². The quantitative estimate of drug-likeness (QED) is 0.908. The van der Waals surface area contributed by atoms with Gasteiger partial charge in [-0.25, -0.2) is 0 Å². The molecule has 0 spiro atoms. The van der Waals surface area contributed by atoms with Gasteiger partial charge in [0.1, 0.15) is 5.78 Å². The Morgan fingerprint density at radius 1 is 1.37 bits per heavy atom. The van der Waals surface area contributed by atoms with Crippen molar-refractivity contribution in [1.29, 1.82) is 0 Å². The Morgan fingerprint density at radius 2 is 2.00 bits per heavy atom. The molecule has 2 atom stereocenters. The third-order valence-electron chi connectivity index (χ3n) is 4.00. The predicted molar refractivity (Wildman–Crippen MR) is 75.8 cm³/mol. The molecule has 1 aromatic rings. The largest absolute Gasteiger partial charge is 0.392 e. The normalized spacial score (nSPS) is 25.3. The van der Waals surface area contributed by atoms with Crippen LogP contribution in [0.1, 0.15) is 39.2 Å². The molecule has 2 rings (SSSR count). The lowest BCUT2D eigenvalue weighted by atomic mass is 9.83. The van der Waals surface area contributed by atoms with E-state index in [0.717, 1.165) is 6.54 Å². The lowest BCUT2D eigenvalue weighted by Crippen LogP contribution is -2.58. The molecule has 0 aliphatic carbocycles. The molecule has 0 radical (unpaired) electrons. The number of ketones is 1. The number of nitrogens with zero attached hydrogens (tertiary/aromatic N) is 1. The monoisotopic (exact) mass is 261 g/mol. The van der Waals surface area contributed by atoms with Crippen LogP contribution in [0.25, 0.3) is 0 Å². The number of hydrogen-bond donors (Lipinski definition) is 1. The topological polar surface area (TPSA) is 40.5 Å². The van der Waals surface area contributed by atoms with Gasteiger partial charge in [-0.15, -0.1) is 0 Å². The molecule has 1 N–H and O–H groups in total. The summed E-state index contributed by atoms with van der Waals surface area (Å²) in [6.45, 7) is 6.72.